The molecule has 0 aliphatic rings. The van der Waals surface area contributed by atoms with E-state index in [2.05, 4.69) is 10.3 Å². The fourth-order valence-electron chi connectivity index (χ4n) is 2.12. The number of benzene rings is 1. The molecule has 2 N–H and O–H groups in total. The van der Waals surface area contributed by atoms with E-state index in [1.54, 1.807) is 6.07 Å². The van der Waals surface area contributed by atoms with Crippen LogP contribution >= 0.6 is 11.3 Å². The Hall–Kier alpha value is -2.05. The first-order valence-electron chi connectivity index (χ1n) is 6.33. The van der Waals surface area contributed by atoms with Crippen LogP contribution in [0.4, 0.5) is 14.5 Å². The molecule has 2 aromatic heterocycles. The van der Waals surface area contributed by atoms with Crippen LogP contribution in [0.5, 0.6) is 0 Å². The minimum absolute atomic E-state index is 0.103. The fourth-order valence-corrected chi connectivity index (χ4v) is 2.83. The SMILES string of the molecule is OC(CNc1ccnc2c(F)cc(F)cc12)c1ccsc1. The van der Waals surface area contributed by atoms with E-state index in [9.17, 15) is 13.9 Å². The van der Waals surface area contributed by atoms with Gasteiger partial charge in [-0.25, -0.2) is 8.78 Å². The Morgan fingerprint density at radius 2 is 2.14 bits per heavy atom. The number of nitrogens with one attached hydrogen (secondary N) is 1. The molecule has 21 heavy (non-hydrogen) atoms. The van der Waals surface area contributed by atoms with Crippen LogP contribution in [0.1, 0.15) is 11.7 Å². The third kappa shape index (κ3) is 2.86. The van der Waals surface area contributed by atoms with E-state index in [1.807, 2.05) is 16.8 Å². The van der Waals surface area contributed by atoms with Crippen LogP contribution in [-0.2, 0) is 0 Å². The average Bonchev–Trinajstić information content (AvgIpc) is 2.99. The first-order chi connectivity index (χ1) is 10.1. The topological polar surface area (TPSA) is 45.1 Å². The van der Waals surface area contributed by atoms with Crippen molar-refractivity contribution in [2.75, 3.05) is 11.9 Å². The van der Waals surface area contributed by atoms with Crippen LogP contribution < -0.4 is 5.32 Å². The predicted molar refractivity (Wildman–Crippen MR) is 79.4 cm³/mol. The Bertz CT molecular complexity index is 762. The highest BCUT2D eigenvalue weighted by Crippen LogP contribution is 2.26. The van der Waals surface area contributed by atoms with E-state index in [0.717, 1.165) is 11.6 Å². The summed E-state index contributed by atoms with van der Waals surface area (Å²) >= 11 is 1.50. The first-order valence-corrected chi connectivity index (χ1v) is 7.27. The number of hydrogen-bond acceptors (Lipinski definition) is 4. The number of aliphatic hydroxyl groups excluding tert-OH is 1. The number of fused-ring (bicyclic) bond motifs is 1. The minimum Gasteiger partial charge on any atom is -0.387 e. The molecule has 0 fully saturated rings. The maximum Gasteiger partial charge on any atom is 0.152 e. The molecule has 1 aromatic carbocycles. The molecule has 0 aliphatic carbocycles. The number of thiophene rings is 1. The van der Waals surface area contributed by atoms with E-state index in [1.165, 1.54) is 23.6 Å². The van der Waals surface area contributed by atoms with E-state index in [0.29, 0.717) is 11.1 Å². The maximum absolute atomic E-state index is 13.7. The van der Waals surface area contributed by atoms with Crippen molar-refractivity contribution in [1.82, 2.24) is 4.98 Å². The van der Waals surface area contributed by atoms with Gasteiger partial charge in [0.1, 0.15) is 11.3 Å². The summed E-state index contributed by atoms with van der Waals surface area (Å²) in [6, 6.07) is 5.49. The molecular formula is C15H12F2N2OS. The van der Waals surface area contributed by atoms with Gasteiger partial charge in [-0.15, -0.1) is 0 Å². The van der Waals surface area contributed by atoms with Crippen molar-refractivity contribution in [2.24, 2.45) is 0 Å². The molecule has 1 unspecified atom stereocenters. The molecule has 0 bridgehead atoms. The van der Waals surface area contributed by atoms with Crippen molar-refractivity contribution in [2.45, 2.75) is 6.10 Å². The summed E-state index contributed by atoms with van der Waals surface area (Å²) in [5.41, 5.74) is 1.45. The van der Waals surface area contributed by atoms with Crippen LogP contribution in [0, 0.1) is 11.6 Å². The van der Waals surface area contributed by atoms with Crippen molar-refractivity contribution in [1.29, 1.82) is 0 Å². The zero-order valence-electron chi connectivity index (χ0n) is 10.9. The van der Waals surface area contributed by atoms with Crippen molar-refractivity contribution in [3.8, 4) is 0 Å². The van der Waals surface area contributed by atoms with Gasteiger partial charge in [0.2, 0.25) is 0 Å². The molecule has 0 amide bonds. The average molecular weight is 306 g/mol. The highest BCUT2D eigenvalue weighted by molar-refractivity contribution is 7.07. The van der Waals surface area contributed by atoms with Crippen LogP contribution in [-0.4, -0.2) is 16.6 Å². The van der Waals surface area contributed by atoms with Gasteiger partial charge >= 0.3 is 0 Å². The van der Waals surface area contributed by atoms with Gasteiger partial charge < -0.3 is 10.4 Å². The molecule has 2 heterocycles. The van der Waals surface area contributed by atoms with Crippen molar-refractivity contribution < 1.29 is 13.9 Å². The molecule has 3 rings (SSSR count). The van der Waals surface area contributed by atoms with Crippen molar-refractivity contribution >= 4 is 27.9 Å². The van der Waals surface area contributed by atoms with Gasteiger partial charge in [-0.05, 0) is 34.5 Å². The lowest BCUT2D eigenvalue weighted by Crippen LogP contribution is -2.12. The van der Waals surface area contributed by atoms with Crippen LogP contribution in [0.15, 0.2) is 41.2 Å². The van der Waals surface area contributed by atoms with Gasteiger partial charge in [0.25, 0.3) is 0 Å². The quantitative estimate of drug-likeness (QED) is 0.772. The van der Waals surface area contributed by atoms with Gasteiger partial charge in [0.05, 0.1) is 6.10 Å². The summed E-state index contributed by atoms with van der Waals surface area (Å²) in [7, 11) is 0. The molecule has 108 valence electrons. The van der Waals surface area contributed by atoms with E-state index < -0.39 is 17.7 Å². The third-order valence-corrected chi connectivity index (χ3v) is 3.88. The van der Waals surface area contributed by atoms with Crippen LogP contribution in [0.2, 0.25) is 0 Å². The van der Waals surface area contributed by atoms with Crippen LogP contribution in [0.25, 0.3) is 10.9 Å². The van der Waals surface area contributed by atoms with E-state index in [-0.39, 0.29) is 12.1 Å². The summed E-state index contributed by atoms with van der Waals surface area (Å²) in [6.07, 6.45) is 0.765. The van der Waals surface area contributed by atoms with Gasteiger partial charge in [-0.3, -0.25) is 4.98 Å². The Labute approximate surface area is 123 Å². The molecule has 3 nitrogen and oxygen atoms in total. The van der Waals surface area contributed by atoms with Gasteiger partial charge in [-0.2, -0.15) is 11.3 Å². The lowest BCUT2D eigenvalue weighted by molar-refractivity contribution is 0.192. The second-order valence-corrected chi connectivity index (χ2v) is 5.38. The standard InChI is InChI=1S/C15H12F2N2OS/c16-10-5-11-13(1-3-18-15(11)12(17)6-10)19-7-14(20)9-2-4-21-8-9/h1-6,8,14,20H,7H2,(H,18,19). The molecule has 6 heteroatoms. The normalized spacial score (nSPS) is 12.5. The van der Waals surface area contributed by atoms with Crippen LogP contribution in [0.3, 0.4) is 0 Å². The number of aliphatic hydroxyl groups is 1. The molecular weight excluding hydrogens is 294 g/mol. The number of halogens is 2. The molecule has 1 atom stereocenters. The second-order valence-electron chi connectivity index (χ2n) is 4.60. The summed E-state index contributed by atoms with van der Waals surface area (Å²) in [5, 5.41) is 17.1. The van der Waals surface area contributed by atoms with Gasteiger partial charge in [0, 0.05) is 29.9 Å². The zero-order chi connectivity index (χ0) is 14.8. The minimum atomic E-state index is -0.702. The lowest BCUT2D eigenvalue weighted by Gasteiger charge is -2.13. The molecule has 0 radical (unpaired) electrons. The Morgan fingerprint density at radius 1 is 1.29 bits per heavy atom. The lowest BCUT2D eigenvalue weighted by atomic mass is 10.1. The molecule has 0 saturated heterocycles. The Balaban J connectivity index is 1.87. The summed E-state index contributed by atoms with van der Waals surface area (Å²) in [5.74, 6) is -1.36. The number of rotatable bonds is 4. The van der Waals surface area contributed by atoms with E-state index >= 15 is 0 Å². The second kappa shape index (κ2) is 5.75. The smallest absolute Gasteiger partial charge is 0.152 e. The number of hydrogen-bond donors (Lipinski definition) is 2. The summed E-state index contributed by atoms with van der Waals surface area (Å²) < 4.78 is 27.0. The van der Waals surface area contributed by atoms with Gasteiger partial charge in [-0.1, -0.05) is 0 Å². The van der Waals surface area contributed by atoms with Gasteiger partial charge in [0.15, 0.2) is 5.82 Å². The summed E-state index contributed by atoms with van der Waals surface area (Å²) in [6.45, 7) is 0.244. The molecule has 0 aliphatic heterocycles. The highest BCUT2D eigenvalue weighted by atomic mass is 32.1. The monoisotopic (exact) mass is 306 g/mol. The van der Waals surface area contributed by atoms with Crippen molar-refractivity contribution in [3.05, 3.63) is 58.4 Å². The number of aromatic nitrogens is 1. The number of nitrogens with zero attached hydrogens (tertiary/aromatic N) is 1. The Morgan fingerprint density at radius 3 is 2.90 bits per heavy atom. The highest BCUT2D eigenvalue weighted by Gasteiger charge is 2.11. The zero-order valence-corrected chi connectivity index (χ0v) is 11.7. The Kier molecular flexibility index (Phi) is 3.81. The predicted octanol–water partition coefficient (Wildman–Crippen LogP) is 3.72. The molecule has 0 spiro atoms. The fraction of sp³-hybridized carbons (Fsp3) is 0.133. The number of pyridine rings is 1. The molecule has 3 aromatic rings. The number of anilines is 1. The third-order valence-electron chi connectivity index (χ3n) is 3.18. The maximum atomic E-state index is 13.7. The van der Waals surface area contributed by atoms with E-state index in [4.69, 9.17) is 0 Å². The van der Waals surface area contributed by atoms with Crippen molar-refractivity contribution in [3.63, 3.8) is 0 Å². The summed E-state index contributed by atoms with van der Waals surface area (Å²) in [4.78, 5) is 3.92. The first kappa shape index (κ1) is 13.9. The molecule has 0 saturated carbocycles. The largest absolute Gasteiger partial charge is 0.387 e.